The summed E-state index contributed by atoms with van der Waals surface area (Å²) in [6, 6.07) is 12.9. The zero-order valence-electron chi connectivity index (χ0n) is 29.3. The molecule has 13 heteroatoms. The molecule has 2 aromatic heterocycles. The van der Waals surface area contributed by atoms with Crippen molar-refractivity contribution < 1.29 is 18.9 Å². The Morgan fingerprint density at radius 2 is 1.75 bits per heavy atom. The normalized spacial score (nSPS) is 17.8. The van der Waals surface area contributed by atoms with Crippen molar-refractivity contribution in [3.05, 3.63) is 65.1 Å². The predicted octanol–water partition coefficient (Wildman–Crippen LogP) is 4.68. The third-order valence-corrected chi connectivity index (χ3v) is 10.8. The molecular weight excluding hydrogens is 646 g/mol. The third kappa shape index (κ3) is 7.39. The number of nitrogens with one attached hydrogen (secondary N) is 2. The van der Waals surface area contributed by atoms with Gasteiger partial charge >= 0.3 is 0 Å². The van der Waals surface area contributed by atoms with Crippen molar-refractivity contribution in [3.8, 4) is 0 Å². The van der Waals surface area contributed by atoms with E-state index in [-0.39, 0.29) is 11.6 Å². The van der Waals surface area contributed by atoms with Crippen molar-refractivity contribution in [2.75, 3.05) is 54.4 Å². The Kier molecular flexibility index (Phi) is 10.4. The fourth-order valence-corrected chi connectivity index (χ4v) is 8.02. The van der Waals surface area contributed by atoms with Crippen molar-refractivity contribution in [1.29, 1.82) is 0 Å². The van der Waals surface area contributed by atoms with Crippen LogP contribution in [-0.2, 0) is 22.4 Å². The van der Waals surface area contributed by atoms with Crippen LogP contribution < -0.4 is 26.2 Å². The summed E-state index contributed by atoms with van der Waals surface area (Å²) in [4.78, 5) is 52.2. The highest BCUT2D eigenvalue weighted by Crippen LogP contribution is 2.34. The maximum atomic E-state index is 12.7. The second kappa shape index (κ2) is 15.5. The number of carbonyl (C=O) groups is 3. The molecule has 2 saturated heterocycles. The summed E-state index contributed by atoms with van der Waals surface area (Å²) in [5.41, 5.74) is 11.6. The number of piperidine rings is 2. The number of primary amides is 1. The van der Waals surface area contributed by atoms with Gasteiger partial charge in [0.15, 0.2) is 17.1 Å². The predicted molar refractivity (Wildman–Crippen MR) is 196 cm³/mol. The number of carbonyl (C=O) groups excluding carboxylic acids is 3. The Morgan fingerprint density at radius 1 is 0.980 bits per heavy atom. The lowest BCUT2D eigenvalue weighted by atomic mass is 9.93. The van der Waals surface area contributed by atoms with E-state index in [1.54, 1.807) is 6.20 Å². The molecule has 0 bridgehead atoms. The molecule has 0 spiro atoms. The molecule has 51 heavy (non-hydrogen) atoms. The van der Waals surface area contributed by atoms with Crippen LogP contribution in [0.1, 0.15) is 85.1 Å². The van der Waals surface area contributed by atoms with Crippen LogP contribution in [0.3, 0.4) is 0 Å². The number of rotatable bonds is 11. The number of nitrogens with two attached hydrogens (primary N) is 1. The molecule has 4 aromatic rings. The summed E-state index contributed by atoms with van der Waals surface area (Å²) in [6.45, 7) is 7.73. The fraction of sp³-hybridized carbons (Fsp3) is 0.474. The summed E-state index contributed by atoms with van der Waals surface area (Å²) >= 11 is 0. The summed E-state index contributed by atoms with van der Waals surface area (Å²) in [6.07, 6.45) is 10.8. The Morgan fingerprint density at radius 3 is 2.47 bits per heavy atom. The molecule has 268 valence electrons. The quantitative estimate of drug-likeness (QED) is 0.187. The van der Waals surface area contributed by atoms with Crippen LogP contribution in [0.25, 0.3) is 11.0 Å². The van der Waals surface area contributed by atoms with Gasteiger partial charge in [0.2, 0.25) is 12.3 Å². The van der Waals surface area contributed by atoms with E-state index in [1.165, 1.54) is 17.5 Å². The molecule has 0 aliphatic carbocycles. The van der Waals surface area contributed by atoms with Gasteiger partial charge < -0.3 is 25.4 Å². The Labute approximate surface area is 297 Å². The third-order valence-electron chi connectivity index (χ3n) is 10.8. The van der Waals surface area contributed by atoms with Gasteiger partial charge in [-0.15, -0.1) is 0 Å². The Balaban J connectivity index is 0.968. The maximum Gasteiger partial charge on any atom is 0.271 e. The highest BCUT2D eigenvalue weighted by Gasteiger charge is 2.30. The number of anilines is 4. The summed E-state index contributed by atoms with van der Waals surface area (Å²) in [5, 5.41) is 10.8. The van der Waals surface area contributed by atoms with Crippen LogP contribution in [0.5, 0.6) is 0 Å². The first kappa shape index (κ1) is 34.4. The first-order valence-corrected chi connectivity index (χ1v) is 18.4. The number of benzene rings is 2. The number of fused-ring (bicyclic) bond motifs is 3. The van der Waals surface area contributed by atoms with Crippen LogP contribution in [0.15, 0.2) is 47.1 Å². The number of nitrogens with zero attached hydrogens (tertiary/aromatic N) is 6. The molecule has 1 atom stereocenters. The van der Waals surface area contributed by atoms with Crippen molar-refractivity contribution in [2.24, 2.45) is 5.73 Å². The van der Waals surface area contributed by atoms with E-state index >= 15 is 0 Å². The van der Waals surface area contributed by atoms with E-state index in [2.05, 4.69) is 53.7 Å². The Bertz CT molecular complexity index is 1860. The molecule has 2 aromatic carbocycles. The van der Waals surface area contributed by atoms with E-state index in [0.29, 0.717) is 30.4 Å². The molecule has 1 unspecified atom stereocenters. The molecule has 7 rings (SSSR count). The van der Waals surface area contributed by atoms with E-state index in [9.17, 15) is 14.4 Å². The maximum absolute atomic E-state index is 12.7. The van der Waals surface area contributed by atoms with E-state index in [1.807, 2.05) is 25.1 Å². The Hall–Kier alpha value is -5.04. The van der Waals surface area contributed by atoms with Crippen LogP contribution >= 0.6 is 0 Å². The number of imide groups is 1. The van der Waals surface area contributed by atoms with Gasteiger partial charge in [-0.05, 0) is 87.3 Å². The number of aromatic nitrogens is 3. The number of amides is 3. The highest BCUT2D eigenvalue weighted by molar-refractivity contribution is 5.96. The molecule has 3 amide bonds. The lowest BCUT2D eigenvalue weighted by Gasteiger charge is -2.39. The minimum Gasteiger partial charge on any atom is -0.371 e. The monoisotopic (exact) mass is 693 g/mol. The van der Waals surface area contributed by atoms with Crippen LogP contribution in [0.4, 0.5) is 23.0 Å². The van der Waals surface area contributed by atoms with Gasteiger partial charge in [0.05, 0.1) is 12.1 Å². The number of hydrogen-bond donors (Lipinski definition) is 3. The second-order valence-corrected chi connectivity index (χ2v) is 13.9. The summed E-state index contributed by atoms with van der Waals surface area (Å²) < 4.78 is 5.91. The van der Waals surface area contributed by atoms with Gasteiger partial charge in [-0.25, -0.2) is 9.97 Å². The molecule has 2 fully saturated rings. The van der Waals surface area contributed by atoms with Crippen LogP contribution in [-0.4, -0.2) is 83.6 Å². The summed E-state index contributed by atoms with van der Waals surface area (Å²) in [7, 11) is 0. The van der Waals surface area contributed by atoms with Crippen molar-refractivity contribution in [3.63, 3.8) is 0 Å². The van der Waals surface area contributed by atoms with Gasteiger partial charge in [-0.3, -0.25) is 24.6 Å². The first-order chi connectivity index (χ1) is 24.9. The highest BCUT2D eigenvalue weighted by atomic mass is 16.5. The molecule has 5 heterocycles. The lowest BCUT2D eigenvalue weighted by molar-refractivity contribution is -0.126. The minimum absolute atomic E-state index is 0.134. The molecular formula is C38H47N9O4. The largest absolute Gasteiger partial charge is 0.371 e. The van der Waals surface area contributed by atoms with Gasteiger partial charge in [0, 0.05) is 67.6 Å². The molecule has 3 aliphatic rings. The van der Waals surface area contributed by atoms with E-state index in [0.717, 1.165) is 112 Å². The topological polar surface area (TPSA) is 163 Å². The molecule has 0 saturated carbocycles. The van der Waals surface area contributed by atoms with Gasteiger partial charge in [-0.1, -0.05) is 24.6 Å². The SMILES string of the molecule is CCCC(C(=O)NC=O)c1noc2c3c(ccc12)CCN(C1CCN(c2ccc(Nc4nc(N5CCCCC5)cnc4C(N)=O)cc2)CC1)CC3. The van der Waals surface area contributed by atoms with E-state index < -0.39 is 11.8 Å². The zero-order chi connectivity index (χ0) is 35.3. The van der Waals surface area contributed by atoms with Crippen molar-refractivity contribution >= 4 is 52.2 Å². The van der Waals surface area contributed by atoms with Gasteiger partial charge in [0.1, 0.15) is 11.5 Å². The molecule has 0 radical (unpaired) electrons. The molecule has 3 aliphatic heterocycles. The van der Waals surface area contributed by atoms with Crippen LogP contribution in [0, 0.1) is 0 Å². The average Bonchev–Trinajstić information content (AvgIpc) is 3.46. The first-order valence-electron chi connectivity index (χ1n) is 18.4. The molecule has 4 N–H and O–H groups in total. The molecule has 13 nitrogen and oxygen atoms in total. The second-order valence-electron chi connectivity index (χ2n) is 13.9. The smallest absolute Gasteiger partial charge is 0.271 e. The lowest BCUT2D eigenvalue weighted by Crippen LogP contribution is -2.45. The van der Waals surface area contributed by atoms with Gasteiger partial charge in [-0.2, -0.15) is 0 Å². The standard InChI is InChI=1S/C38H47N9O4/c1-2-6-31(38(50)41-24-48)33-30-12-7-25-13-19-45(22-16-29(25)35(30)51-44-33)28-14-20-46(21-15-28)27-10-8-26(9-11-27)42-37-34(36(39)49)40-23-32(43-37)47-17-4-3-5-18-47/h7-12,23-24,28,31H,2-6,13-22H2,1H3,(H2,39,49)(H,42,43)(H,41,48,50). The summed E-state index contributed by atoms with van der Waals surface area (Å²) in [5.74, 6) is -0.337. The van der Waals surface area contributed by atoms with Gasteiger partial charge in [0.25, 0.3) is 5.91 Å². The fourth-order valence-electron chi connectivity index (χ4n) is 8.02. The van der Waals surface area contributed by atoms with Crippen molar-refractivity contribution in [2.45, 2.75) is 76.7 Å². The average molecular weight is 694 g/mol. The van der Waals surface area contributed by atoms with Crippen molar-refractivity contribution in [1.82, 2.24) is 25.3 Å². The van der Waals surface area contributed by atoms with E-state index in [4.69, 9.17) is 15.2 Å². The number of hydrogen-bond acceptors (Lipinski definition) is 11. The zero-order valence-corrected chi connectivity index (χ0v) is 29.3. The van der Waals surface area contributed by atoms with Crippen LogP contribution in [0.2, 0.25) is 0 Å². The minimum atomic E-state index is -0.609.